The Morgan fingerprint density at radius 2 is 2.00 bits per heavy atom. The summed E-state index contributed by atoms with van der Waals surface area (Å²) in [6, 6.07) is 11.6. The normalized spacial score (nSPS) is 20.8. The van der Waals surface area contributed by atoms with Gasteiger partial charge in [0.25, 0.3) is 0 Å². The molecule has 1 aromatic heterocycles. The van der Waals surface area contributed by atoms with E-state index in [0.717, 1.165) is 22.6 Å². The molecule has 0 spiro atoms. The lowest BCUT2D eigenvalue weighted by molar-refractivity contribution is -0.138. The summed E-state index contributed by atoms with van der Waals surface area (Å²) in [6.45, 7) is 3.91. The van der Waals surface area contributed by atoms with Crippen molar-refractivity contribution in [3.05, 3.63) is 82.5 Å². The van der Waals surface area contributed by atoms with E-state index in [1.165, 1.54) is 0 Å². The fourth-order valence-electron chi connectivity index (χ4n) is 4.53. The highest BCUT2D eigenvalue weighted by molar-refractivity contribution is 6.04. The largest absolute Gasteiger partial charge is 0.497 e. The maximum Gasteiger partial charge on any atom is 0.336 e. The molecule has 6 heteroatoms. The third-order valence-corrected chi connectivity index (χ3v) is 5.91. The van der Waals surface area contributed by atoms with Gasteiger partial charge in [0.2, 0.25) is 0 Å². The Hall–Kier alpha value is -3.41. The van der Waals surface area contributed by atoms with Crippen molar-refractivity contribution >= 4 is 11.8 Å². The molecule has 0 amide bonds. The Morgan fingerprint density at radius 1 is 1.19 bits per heavy atom. The van der Waals surface area contributed by atoms with Crippen LogP contribution in [0.5, 0.6) is 5.75 Å². The Balaban J connectivity index is 1.77. The number of aromatic nitrogens is 1. The lowest BCUT2D eigenvalue weighted by Gasteiger charge is -2.36. The van der Waals surface area contributed by atoms with E-state index >= 15 is 0 Å². The van der Waals surface area contributed by atoms with Gasteiger partial charge >= 0.3 is 5.97 Å². The minimum Gasteiger partial charge on any atom is -0.497 e. The number of dihydropyridines is 1. The minimum atomic E-state index is -0.484. The van der Waals surface area contributed by atoms with Gasteiger partial charge in [0.1, 0.15) is 5.75 Å². The van der Waals surface area contributed by atoms with E-state index < -0.39 is 11.9 Å². The van der Waals surface area contributed by atoms with Crippen molar-refractivity contribution in [2.24, 2.45) is 0 Å². The van der Waals surface area contributed by atoms with Gasteiger partial charge in [0, 0.05) is 41.7 Å². The van der Waals surface area contributed by atoms with Crippen LogP contribution in [0.4, 0.5) is 0 Å². The molecular formula is C25H26N2O4. The minimum absolute atomic E-state index is 0.0321. The van der Waals surface area contributed by atoms with Gasteiger partial charge in [0.05, 0.1) is 19.3 Å². The highest BCUT2D eigenvalue weighted by Crippen LogP contribution is 2.45. The van der Waals surface area contributed by atoms with E-state index in [2.05, 4.69) is 10.3 Å². The van der Waals surface area contributed by atoms with Crippen LogP contribution in [0.15, 0.2) is 71.3 Å². The first-order chi connectivity index (χ1) is 15.0. The molecule has 1 N–H and O–H groups in total. The molecule has 6 nitrogen and oxygen atoms in total. The number of allylic oxidation sites excluding steroid dienone is 3. The molecule has 1 aliphatic carbocycles. The van der Waals surface area contributed by atoms with E-state index in [9.17, 15) is 9.59 Å². The predicted octanol–water partition coefficient (Wildman–Crippen LogP) is 4.01. The van der Waals surface area contributed by atoms with Gasteiger partial charge in [-0.25, -0.2) is 4.79 Å². The number of hydrogen-bond donors (Lipinski definition) is 1. The van der Waals surface area contributed by atoms with Gasteiger partial charge < -0.3 is 14.8 Å². The van der Waals surface area contributed by atoms with Crippen molar-refractivity contribution in [3.63, 3.8) is 0 Å². The summed E-state index contributed by atoms with van der Waals surface area (Å²) >= 11 is 0. The van der Waals surface area contributed by atoms with E-state index in [-0.39, 0.29) is 18.3 Å². The second-order valence-corrected chi connectivity index (χ2v) is 7.80. The first-order valence-corrected chi connectivity index (χ1v) is 10.5. The molecule has 31 heavy (non-hydrogen) atoms. The lowest BCUT2D eigenvalue weighted by atomic mass is 9.72. The molecule has 2 heterocycles. The van der Waals surface area contributed by atoms with Gasteiger partial charge in [-0.15, -0.1) is 0 Å². The number of nitrogens with zero attached hydrogens (tertiary/aromatic N) is 1. The standard InChI is InChI=1S/C25H26N2O4/c1-4-31-25(29)22-15(2)27-20-12-18(16-7-5-9-19(11-16)30-3)13-21(28)24(20)23(22)17-8-6-10-26-14-17/h5-11,14,18,23,27H,4,12-13H2,1-3H3/t18-,23+/m1/s1. The Morgan fingerprint density at radius 3 is 2.71 bits per heavy atom. The van der Waals surface area contributed by atoms with Crippen LogP contribution >= 0.6 is 0 Å². The average molecular weight is 418 g/mol. The average Bonchev–Trinajstić information content (AvgIpc) is 2.78. The number of carbonyl (C=O) groups is 2. The number of benzene rings is 1. The first-order valence-electron chi connectivity index (χ1n) is 10.5. The van der Waals surface area contributed by atoms with Crippen LogP contribution in [-0.2, 0) is 14.3 Å². The Labute approximate surface area is 182 Å². The molecule has 0 radical (unpaired) electrons. The Bertz CT molecular complexity index is 1070. The van der Waals surface area contributed by atoms with Crippen LogP contribution in [0.2, 0.25) is 0 Å². The molecule has 0 saturated carbocycles. The van der Waals surface area contributed by atoms with Crippen molar-refractivity contribution in [2.75, 3.05) is 13.7 Å². The summed E-state index contributed by atoms with van der Waals surface area (Å²) in [5.41, 5.74) is 4.57. The van der Waals surface area contributed by atoms with Crippen LogP contribution < -0.4 is 10.1 Å². The lowest BCUT2D eigenvalue weighted by Crippen LogP contribution is -2.36. The van der Waals surface area contributed by atoms with Gasteiger partial charge in [0.15, 0.2) is 5.78 Å². The monoisotopic (exact) mass is 418 g/mol. The molecule has 0 fully saturated rings. The zero-order valence-corrected chi connectivity index (χ0v) is 18.0. The zero-order chi connectivity index (χ0) is 22.0. The van der Waals surface area contributed by atoms with Crippen molar-refractivity contribution in [1.82, 2.24) is 10.3 Å². The molecule has 4 rings (SSSR count). The van der Waals surface area contributed by atoms with Crippen LogP contribution in [0.1, 0.15) is 49.7 Å². The molecule has 0 bridgehead atoms. The van der Waals surface area contributed by atoms with Crippen LogP contribution in [-0.4, -0.2) is 30.5 Å². The number of pyridine rings is 1. The number of ketones is 1. The second kappa shape index (κ2) is 8.76. The molecule has 1 aromatic carbocycles. The molecule has 1 aliphatic heterocycles. The fourth-order valence-corrected chi connectivity index (χ4v) is 4.53. The van der Waals surface area contributed by atoms with Crippen molar-refractivity contribution in [3.8, 4) is 5.75 Å². The second-order valence-electron chi connectivity index (χ2n) is 7.80. The highest BCUT2D eigenvalue weighted by atomic mass is 16.5. The summed E-state index contributed by atoms with van der Waals surface area (Å²) in [4.78, 5) is 30.5. The predicted molar refractivity (Wildman–Crippen MR) is 116 cm³/mol. The van der Waals surface area contributed by atoms with Crippen LogP contribution in [0, 0.1) is 0 Å². The number of Topliss-reactive ketones (excluding diaryl/α,β-unsaturated/α-hetero) is 1. The molecular weight excluding hydrogens is 392 g/mol. The molecule has 0 saturated heterocycles. The smallest absolute Gasteiger partial charge is 0.336 e. The summed E-state index contributed by atoms with van der Waals surface area (Å²) in [6.07, 6.45) is 4.45. The van der Waals surface area contributed by atoms with Crippen LogP contribution in [0.25, 0.3) is 0 Å². The van der Waals surface area contributed by atoms with E-state index in [4.69, 9.17) is 9.47 Å². The molecule has 0 unspecified atom stereocenters. The maximum absolute atomic E-state index is 13.5. The van der Waals surface area contributed by atoms with Gasteiger partial charge in [-0.2, -0.15) is 0 Å². The quantitative estimate of drug-likeness (QED) is 0.739. The summed E-state index contributed by atoms with van der Waals surface area (Å²) in [7, 11) is 1.64. The number of methoxy groups -OCH3 is 1. The maximum atomic E-state index is 13.5. The van der Waals surface area contributed by atoms with Crippen molar-refractivity contribution in [1.29, 1.82) is 0 Å². The van der Waals surface area contributed by atoms with Crippen molar-refractivity contribution in [2.45, 2.75) is 38.5 Å². The van der Waals surface area contributed by atoms with E-state index in [1.807, 2.05) is 43.3 Å². The zero-order valence-electron chi connectivity index (χ0n) is 18.0. The van der Waals surface area contributed by atoms with E-state index in [1.54, 1.807) is 26.4 Å². The number of esters is 1. The summed E-state index contributed by atoms with van der Waals surface area (Å²) < 4.78 is 10.7. The fraction of sp³-hybridized carbons (Fsp3) is 0.320. The number of nitrogens with one attached hydrogen (secondary N) is 1. The van der Waals surface area contributed by atoms with Gasteiger partial charge in [-0.05, 0) is 55.5 Å². The molecule has 2 aliphatic rings. The topological polar surface area (TPSA) is 77.5 Å². The summed E-state index contributed by atoms with van der Waals surface area (Å²) in [5, 5.41) is 3.35. The number of ether oxygens (including phenoxy) is 2. The first kappa shape index (κ1) is 20.8. The van der Waals surface area contributed by atoms with Gasteiger partial charge in [-0.1, -0.05) is 18.2 Å². The SMILES string of the molecule is CCOC(=O)C1=C(C)NC2=C(C(=O)C[C@H](c3cccc(OC)c3)C2)[C@H]1c1cccnc1. The molecule has 2 aromatic rings. The third-order valence-electron chi connectivity index (χ3n) is 5.91. The van der Waals surface area contributed by atoms with Gasteiger partial charge in [-0.3, -0.25) is 9.78 Å². The van der Waals surface area contributed by atoms with Crippen LogP contribution in [0.3, 0.4) is 0 Å². The van der Waals surface area contributed by atoms with E-state index in [0.29, 0.717) is 29.7 Å². The Kier molecular flexibility index (Phi) is 5.89. The summed E-state index contributed by atoms with van der Waals surface area (Å²) in [5.74, 6) is -0.0429. The van der Waals surface area contributed by atoms with Crippen molar-refractivity contribution < 1.29 is 19.1 Å². The number of rotatable bonds is 5. The third kappa shape index (κ3) is 3.98. The molecule has 160 valence electrons. The molecule has 2 atom stereocenters. The number of hydrogen-bond acceptors (Lipinski definition) is 6. The number of carbonyl (C=O) groups excluding carboxylic acids is 2. The highest BCUT2D eigenvalue weighted by Gasteiger charge is 2.41.